The average Bonchev–Trinajstić information content (AvgIpc) is 2.76. The Balaban J connectivity index is 1.82. The van der Waals surface area contributed by atoms with Crippen LogP contribution >= 0.6 is 0 Å². The maximum atomic E-state index is 11.9. The van der Waals surface area contributed by atoms with E-state index in [4.69, 9.17) is 9.53 Å². The van der Waals surface area contributed by atoms with Gasteiger partial charge in [0.05, 0.1) is 17.2 Å². The molecule has 1 heterocycles. The van der Waals surface area contributed by atoms with Gasteiger partial charge in [0.2, 0.25) is 5.56 Å². The monoisotopic (exact) mass is 481 g/mol. The molecule has 3 rings (SSSR count). The normalized spacial score (nSPS) is 13.2. The lowest BCUT2D eigenvalue weighted by molar-refractivity contribution is 0.0697. The Morgan fingerprint density at radius 1 is 1.03 bits per heavy atom. The zero-order valence-electron chi connectivity index (χ0n) is 20.6. The number of carbonyl (C=O) groups is 1. The van der Waals surface area contributed by atoms with Gasteiger partial charge in [0.25, 0.3) is 0 Å². The SMILES string of the molecule is CC(C)(C)[Si](C)(C)O[C@@H](CCCCc1ccc(C(=O)O)cc1)c1ccc(O)c2[nH]c(=O)ccc12. The van der Waals surface area contributed by atoms with Crippen LogP contribution in [-0.4, -0.2) is 29.5 Å². The second kappa shape index (κ2) is 10.2. The summed E-state index contributed by atoms with van der Waals surface area (Å²) in [6.07, 6.45) is 3.36. The Morgan fingerprint density at radius 2 is 1.71 bits per heavy atom. The largest absolute Gasteiger partial charge is 0.506 e. The van der Waals surface area contributed by atoms with Crippen molar-refractivity contribution in [1.82, 2.24) is 4.98 Å². The van der Waals surface area contributed by atoms with Crippen LogP contribution in [0.2, 0.25) is 18.1 Å². The number of carboxylic acids is 1. The van der Waals surface area contributed by atoms with Crippen LogP contribution < -0.4 is 5.56 Å². The molecule has 0 saturated carbocycles. The molecule has 0 aliphatic heterocycles. The summed E-state index contributed by atoms with van der Waals surface area (Å²) in [6, 6.07) is 13.8. The predicted octanol–water partition coefficient (Wildman–Crippen LogP) is 6.41. The van der Waals surface area contributed by atoms with E-state index in [-0.39, 0.29) is 22.5 Å². The maximum Gasteiger partial charge on any atom is 0.335 e. The van der Waals surface area contributed by atoms with Crippen molar-refractivity contribution in [3.63, 3.8) is 0 Å². The molecular weight excluding hydrogens is 446 g/mol. The lowest BCUT2D eigenvalue weighted by Gasteiger charge is -2.39. The number of hydrogen-bond acceptors (Lipinski definition) is 4. The van der Waals surface area contributed by atoms with E-state index in [1.54, 1.807) is 24.3 Å². The standard InChI is InChI=1S/C27H35NO5Si/c1-27(2,3)34(4,5)33-23(9-7-6-8-18-10-12-19(13-11-18)26(31)32)20-14-16-22(29)25-21(20)15-17-24(30)28-25/h10-17,23,29H,6-9H2,1-5H3,(H,28,30)(H,31,32)/t23-/m0/s1. The Kier molecular flexibility index (Phi) is 7.68. The van der Waals surface area contributed by atoms with Gasteiger partial charge < -0.3 is 19.6 Å². The van der Waals surface area contributed by atoms with E-state index in [1.165, 1.54) is 6.07 Å². The molecule has 0 radical (unpaired) electrons. The summed E-state index contributed by atoms with van der Waals surface area (Å²) in [7, 11) is -2.09. The molecule has 0 spiro atoms. The van der Waals surface area contributed by atoms with Crippen molar-refractivity contribution < 1.29 is 19.4 Å². The smallest absolute Gasteiger partial charge is 0.335 e. The second-order valence-electron chi connectivity index (χ2n) is 10.4. The third kappa shape index (κ3) is 5.96. The van der Waals surface area contributed by atoms with Crippen molar-refractivity contribution in [3.05, 3.63) is 75.6 Å². The predicted molar refractivity (Wildman–Crippen MR) is 138 cm³/mol. The van der Waals surface area contributed by atoms with E-state index in [0.29, 0.717) is 11.1 Å². The minimum absolute atomic E-state index is 0.0399. The minimum Gasteiger partial charge on any atom is -0.506 e. The summed E-state index contributed by atoms with van der Waals surface area (Å²) in [5, 5.41) is 20.2. The number of aryl methyl sites for hydroxylation is 1. The number of phenolic OH excluding ortho intramolecular Hbond substituents is 1. The second-order valence-corrected chi connectivity index (χ2v) is 15.2. The first kappa shape index (κ1) is 25.7. The summed E-state index contributed by atoms with van der Waals surface area (Å²) in [4.78, 5) is 25.7. The fourth-order valence-electron chi connectivity index (χ4n) is 3.82. The first-order valence-electron chi connectivity index (χ1n) is 11.7. The molecule has 6 nitrogen and oxygen atoms in total. The van der Waals surface area contributed by atoms with Gasteiger partial charge in [0, 0.05) is 11.5 Å². The average molecular weight is 482 g/mol. The maximum absolute atomic E-state index is 11.9. The van der Waals surface area contributed by atoms with Gasteiger partial charge in [-0.15, -0.1) is 0 Å². The van der Waals surface area contributed by atoms with Crippen LogP contribution in [0.4, 0.5) is 0 Å². The molecule has 0 unspecified atom stereocenters. The van der Waals surface area contributed by atoms with Crippen LogP contribution in [-0.2, 0) is 10.8 Å². The molecule has 0 aliphatic carbocycles. The molecule has 2 aromatic carbocycles. The van der Waals surface area contributed by atoms with Crippen LogP contribution in [0.25, 0.3) is 10.9 Å². The molecule has 3 N–H and O–H groups in total. The van der Waals surface area contributed by atoms with E-state index in [9.17, 15) is 14.7 Å². The first-order chi connectivity index (χ1) is 15.9. The number of fused-ring (bicyclic) bond motifs is 1. The number of aromatic hydroxyl groups is 1. The molecule has 0 fully saturated rings. The number of rotatable bonds is 9. The Labute approximate surface area is 201 Å². The lowest BCUT2D eigenvalue weighted by Crippen LogP contribution is -2.41. The summed E-state index contributed by atoms with van der Waals surface area (Å²) >= 11 is 0. The van der Waals surface area contributed by atoms with Crippen molar-refractivity contribution in [1.29, 1.82) is 0 Å². The molecule has 7 heteroatoms. The lowest BCUT2D eigenvalue weighted by atomic mass is 9.97. The molecule has 1 aromatic heterocycles. The van der Waals surface area contributed by atoms with Gasteiger partial charge in [-0.1, -0.05) is 45.4 Å². The number of carboxylic acid groups (broad SMARTS) is 1. The number of hydrogen-bond donors (Lipinski definition) is 3. The highest BCUT2D eigenvalue weighted by Crippen LogP contribution is 2.42. The van der Waals surface area contributed by atoms with Crippen LogP contribution in [0.3, 0.4) is 0 Å². The van der Waals surface area contributed by atoms with E-state index in [0.717, 1.165) is 42.2 Å². The molecular formula is C27H35NO5Si. The van der Waals surface area contributed by atoms with Crippen LogP contribution in [0, 0.1) is 0 Å². The highest BCUT2D eigenvalue weighted by atomic mass is 28.4. The molecule has 0 bridgehead atoms. The third-order valence-electron chi connectivity index (χ3n) is 6.88. The van der Waals surface area contributed by atoms with Crippen molar-refractivity contribution in [2.45, 2.75) is 70.7 Å². The molecule has 0 saturated heterocycles. The number of aromatic amines is 1. The third-order valence-corrected chi connectivity index (χ3v) is 11.4. The quantitative estimate of drug-likeness (QED) is 0.242. The summed E-state index contributed by atoms with van der Waals surface area (Å²) in [6.45, 7) is 11.1. The number of pyridine rings is 1. The van der Waals surface area contributed by atoms with Gasteiger partial charge in [0.15, 0.2) is 8.32 Å². The number of benzene rings is 2. The fourth-order valence-corrected chi connectivity index (χ4v) is 5.13. The Morgan fingerprint density at radius 3 is 2.32 bits per heavy atom. The molecule has 182 valence electrons. The molecule has 3 aromatic rings. The zero-order chi connectivity index (χ0) is 25.1. The highest BCUT2D eigenvalue weighted by Gasteiger charge is 2.39. The molecule has 0 aliphatic rings. The number of aromatic carboxylic acids is 1. The number of phenols is 1. The van der Waals surface area contributed by atoms with Crippen molar-refractivity contribution in [2.75, 3.05) is 0 Å². The van der Waals surface area contributed by atoms with Gasteiger partial charge in [-0.05, 0) is 72.8 Å². The summed E-state index contributed by atoms with van der Waals surface area (Å²) in [5.74, 6) is -0.869. The van der Waals surface area contributed by atoms with Gasteiger partial charge in [0.1, 0.15) is 5.75 Å². The number of H-pyrrole nitrogens is 1. The summed E-state index contributed by atoms with van der Waals surface area (Å²) in [5.41, 5.74) is 2.56. The van der Waals surface area contributed by atoms with E-state index < -0.39 is 14.3 Å². The summed E-state index contributed by atoms with van der Waals surface area (Å²) < 4.78 is 6.86. The van der Waals surface area contributed by atoms with Gasteiger partial charge >= 0.3 is 5.97 Å². The topological polar surface area (TPSA) is 99.6 Å². The molecule has 34 heavy (non-hydrogen) atoms. The van der Waals surface area contributed by atoms with Crippen LogP contribution in [0.15, 0.2) is 53.3 Å². The van der Waals surface area contributed by atoms with E-state index >= 15 is 0 Å². The van der Waals surface area contributed by atoms with Gasteiger partial charge in [-0.3, -0.25) is 4.79 Å². The van der Waals surface area contributed by atoms with Crippen LogP contribution in [0.5, 0.6) is 5.75 Å². The Bertz CT molecular complexity index is 1210. The highest BCUT2D eigenvalue weighted by molar-refractivity contribution is 6.74. The van der Waals surface area contributed by atoms with E-state index in [1.807, 2.05) is 18.2 Å². The number of unbranched alkanes of at least 4 members (excludes halogenated alkanes) is 1. The molecule has 0 amide bonds. The molecule has 1 atom stereocenters. The number of aromatic nitrogens is 1. The fraction of sp³-hybridized carbons (Fsp3) is 0.407. The zero-order valence-corrected chi connectivity index (χ0v) is 21.6. The van der Waals surface area contributed by atoms with E-state index in [2.05, 4.69) is 38.8 Å². The minimum atomic E-state index is -2.09. The van der Waals surface area contributed by atoms with Gasteiger partial charge in [-0.2, -0.15) is 0 Å². The van der Waals surface area contributed by atoms with Crippen molar-refractivity contribution >= 4 is 25.2 Å². The van der Waals surface area contributed by atoms with Crippen LogP contribution in [0.1, 0.15) is 67.6 Å². The van der Waals surface area contributed by atoms with Crippen molar-refractivity contribution in [2.24, 2.45) is 0 Å². The number of nitrogens with one attached hydrogen (secondary N) is 1. The Hall–Kier alpha value is -2.90. The van der Waals surface area contributed by atoms with Crippen molar-refractivity contribution in [3.8, 4) is 5.75 Å². The van der Waals surface area contributed by atoms with Gasteiger partial charge in [-0.25, -0.2) is 4.79 Å². The first-order valence-corrected chi connectivity index (χ1v) is 14.6.